The van der Waals surface area contributed by atoms with Crippen LogP contribution in [0.1, 0.15) is 15.4 Å². The zero-order valence-corrected chi connectivity index (χ0v) is 15.7. The normalized spacial score (nSPS) is 12.3. The average Bonchev–Trinajstić information content (AvgIpc) is 2.76. The van der Waals surface area contributed by atoms with E-state index in [9.17, 15) is 21.6 Å². The summed E-state index contributed by atoms with van der Waals surface area (Å²) in [4.78, 5) is 15.4. The number of halogens is 1. The Hall–Kier alpha value is -1.14. The molecule has 2 rings (SSSR count). The van der Waals surface area contributed by atoms with Crippen LogP contribution in [-0.4, -0.2) is 33.4 Å². The maximum absolute atomic E-state index is 12.4. The SMILES string of the molecule is Cc1nc(Br)sc1C(=O)CS(=O)(=O)c1ccccc1S(N)(=O)=O. The fourth-order valence-electron chi connectivity index (χ4n) is 1.88. The van der Waals surface area contributed by atoms with Gasteiger partial charge in [-0.3, -0.25) is 4.79 Å². The van der Waals surface area contributed by atoms with Gasteiger partial charge in [0.1, 0.15) is 10.6 Å². The lowest BCUT2D eigenvalue weighted by Crippen LogP contribution is -2.21. The Balaban J connectivity index is 2.45. The van der Waals surface area contributed by atoms with Gasteiger partial charge in [0.05, 0.1) is 15.5 Å². The van der Waals surface area contributed by atoms with E-state index in [1.807, 2.05) is 0 Å². The molecule has 0 aliphatic rings. The molecule has 2 N–H and O–H groups in total. The number of benzene rings is 1. The van der Waals surface area contributed by atoms with E-state index in [-0.39, 0.29) is 4.88 Å². The molecule has 2 aromatic rings. The number of hydrogen-bond donors (Lipinski definition) is 1. The highest BCUT2D eigenvalue weighted by atomic mass is 79.9. The Bertz CT molecular complexity index is 980. The van der Waals surface area contributed by atoms with Crippen LogP contribution >= 0.6 is 27.3 Å². The minimum atomic E-state index is -4.23. The molecule has 7 nitrogen and oxygen atoms in total. The molecule has 0 atom stereocenters. The van der Waals surface area contributed by atoms with Gasteiger partial charge in [-0.2, -0.15) is 0 Å². The number of aromatic nitrogens is 1. The largest absolute Gasteiger partial charge is 0.292 e. The second-order valence-electron chi connectivity index (χ2n) is 4.56. The molecular formula is C12H11BrN2O5S3. The molecule has 0 aliphatic carbocycles. The van der Waals surface area contributed by atoms with Crippen molar-refractivity contribution in [2.45, 2.75) is 16.7 Å². The predicted octanol–water partition coefficient (Wildman–Crippen LogP) is 1.52. The summed E-state index contributed by atoms with van der Waals surface area (Å²) < 4.78 is 48.4. The fraction of sp³-hybridized carbons (Fsp3) is 0.167. The summed E-state index contributed by atoms with van der Waals surface area (Å²) in [6.45, 7) is 1.58. The van der Waals surface area contributed by atoms with E-state index in [4.69, 9.17) is 5.14 Å². The molecule has 0 amide bonds. The van der Waals surface area contributed by atoms with Gasteiger partial charge in [0, 0.05) is 0 Å². The van der Waals surface area contributed by atoms with Gasteiger partial charge >= 0.3 is 0 Å². The zero-order chi connectivity index (χ0) is 17.4. The summed E-state index contributed by atoms with van der Waals surface area (Å²) in [7, 11) is -8.40. The standard InChI is InChI=1S/C12H11BrN2O5S3/c1-7-11(21-12(13)15-7)8(16)6-22(17,18)9-4-2-3-5-10(9)23(14,19)20/h2-5H,6H2,1H3,(H2,14,19,20). The molecule has 11 heteroatoms. The first kappa shape index (κ1) is 18.2. The number of ketones is 1. The highest BCUT2D eigenvalue weighted by Gasteiger charge is 2.28. The quantitative estimate of drug-likeness (QED) is 0.705. The highest BCUT2D eigenvalue weighted by Crippen LogP contribution is 2.26. The van der Waals surface area contributed by atoms with Crippen LogP contribution in [0.4, 0.5) is 0 Å². The first-order valence-corrected chi connectivity index (χ1v) is 10.8. The summed E-state index contributed by atoms with van der Waals surface area (Å²) >= 11 is 4.14. The van der Waals surface area contributed by atoms with E-state index in [1.165, 1.54) is 12.1 Å². The summed E-state index contributed by atoms with van der Waals surface area (Å²) in [6.07, 6.45) is 0. The number of nitrogens with two attached hydrogens (primary N) is 1. The number of rotatable bonds is 5. The molecular weight excluding hydrogens is 428 g/mol. The molecule has 1 aromatic heterocycles. The van der Waals surface area contributed by atoms with Crippen LogP contribution in [0.5, 0.6) is 0 Å². The number of Topliss-reactive ketones (excluding diaryl/α,β-unsaturated/α-hetero) is 1. The van der Waals surface area contributed by atoms with E-state index >= 15 is 0 Å². The van der Waals surface area contributed by atoms with E-state index in [2.05, 4.69) is 20.9 Å². The third kappa shape index (κ3) is 4.04. The third-order valence-corrected chi connectivity index (χ3v) is 7.25. The van der Waals surface area contributed by atoms with Crippen LogP contribution in [0, 0.1) is 6.92 Å². The van der Waals surface area contributed by atoms with Crippen LogP contribution in [0.15, 0.2) is 38.0 Å². The Morgan fingerprint density at radius 1 is 1.22 bits per heavy atom. The summed E-state index contributed by atoms with van der Waals surface area (Å²) in [5.74, 6) is -1.52. The van der Waals surface area contributed by atoms with Crippen molar-refractivity contribution in [3.8, 4) is 0 Å². The molecule has 0 fully saturated rings. The van der Waals surface area contributed by atoms with E-state index in [0.717, 1.165) is 23.5 Å². The summed E-state index contributed by atoms with van der Waals surface area (Å²) in [6, 6.07) is 4.91. The van der Waals surface area contributed by atoms with E-state index in [1.54, 1.807) is 6.92 Å². The van der Waals surface area contributed by atoms with Crippen LogP contribution in [0.2, 0.25) is 0 Å². The van der Waals surface area contributed by atoms with Gasteiger partial charge in [-0.1, -0.05) is 12.1 Å². The van der Waals surface area contributed by atoms with Crippen molar-refractivity contribution < 1.29 is 21.6 Å². The second-order valence-corrected chi connectivity index (χ2v) is 10.3. The van der Waals surface area contributed by atoms with Crippen molar-refractivity contribution in [3.05, 3.63) is 38.8 Å². The van der Waals surface area contributed by atoms with Gasteiger partial charge in [0.2, 0.25) is 10.0 Å². The van der Waals surface area contributed by atoms with Gasteiger partial charge in [-0.25, -0.2) is 27.0 Å². The maximum atomic E-state index is 12.4. The maximum Gasteiger partial charge on any atom is 0.239 e. The lowest BCUT2D eigenvalue weighted by Gasteiger charge is -2.08. The van der Waals surface area contributed by atoms with Gasteiger partial charge in [-0.05, 0) is 35.0 Å². The first-order valence-electron chi connectivity index (χ1n) is 6.03. The minimum absolute atomic E-state index is 0.202. The monoisotopic (exact) mass is 438 g/mol. The summed E-state index contributed by atoms with van der Waals surface area (Å²) in [5, 5.41) is 5.03. The molecule has 23 heavy (non-hydrogen) atoms. The smallest absolute Gasteiger partial charge is 0.239 e. The third-order valence-electron chi connectivity index (χ3n) is 2.84. The molecule has 0 unspecified atom stereocenters. The van der Waals surface area contributed by atoms with Gasteiger partial charge in [0.25, 0.3) is 0 Å². The van der Waals surface area contributed by atoms with Gasteiger partial charge < -0.3 is 0 Å². The first-order chi connectivity index (χ1) is 10.5. The Labute approximate surface area is 145 Å². The van der Waals surface area contributed by atoms with Crippen LogP contribution in [0.3, 0.4) is 0 Å². The Morgan fingerprint density at radius 2 is 1.78 bits per heavy atom. The van der Waals surface area contributed by atoms with E-state index in [0.29, 0.717) is 9.61 Å². The highest BCUT2D eigenvalue weighted by molar-refractivity contribution is 9.11. The molecule has 0 radical (unpaired) electrons. The van der Waals surface area contributed by atoms with E-state index < -0.39 is 41.2 Å². The number of carbonyl (C=O) groups excluding carboxylic acids is 1. The zero-order valence-electron chi connectivity index (χ0n) is 11.7. The Kier molecular flexibility index (Phi) is 5.06. The average molecular weight is 439 g/mol. The second kappa shape index (κ2) is 6.40. The number of carbonyl (C=O) groups is 1. The van der Waals surface area contributed by atoms with Crippen molar-refractivity contribution >= 4 is 52.9 Å². The molecule has 0 saturated carbocycles. The molecule has 0 spiro atoms. The Morgan fingerprint density at radius 3 is 2.26 bits per heavy atom. The molecule has 1 aromatic carbocycles. The number of primary sulfonamides is 1. The van der Waals surface area contributed by atoms with Crippen LogP contribution in [0.25, 0.3) is 0 Å². The summed E-state index contributed by atoms with van der Waals surface area (Å²) in [5.41, 5.74) is 0.404. The molecule has 1 heterocycles. The number of sulfonamides is 1. The molecule has 0 aliphatic heterocycles. The predicted molar refractivity (Wildman–Crippen MR) is 88.7 cm³/mol. The number of hydrogen-bond acceptors (Lipinski definition) is 7. The number of nitrogens with zero attached hydrogens (tertiary/aromatic N) is 1. The van der Waals surface area contributed by atoms with Crippen LogP contribution in [-0.2, 0) is 19.9 Å². The topological polar surface area (TPSA) is 124 Å². The lowest BCUT2D eigenvalue weighted by atomic mass is 10.3. The lowest BCUT2D eigenvalue weighted by molar-refractivity contribution is 0.102. The van der Waals surface area contributed by atoms with Crippen molar-refractivity contribution in [1.29, 1.82) is 0 Å². The van der Waals surface area contributed by atoms with Crippen molar-refractivity contribution in [2.24, 2.45) is 5.14 Å². The fourth-order valence-corrected chi connectivity index (χ4v) is 6.11. The van der Waals surface area contributed by atoms with Gasteiger partial charge in [-0.15, -0.1) is 11.3 Å². The van der Waals surface area contributed by atoms with Crippen LogP contribution < -0.4 is 5.14 Å². The minimum Gasteiger partial charge on any atom is -0.292 e. The van der Waals surface area contributed by atoms with Crippen molar-refractivity contribution in [3.63, 3.8) is 0 Å². The van der Waals surface area contributed by atoms with Crippen molar-refractivity contribution in [1.82, 2.24) is 4.98 Å². The molecule has 0 saturated heterocycles. The number of aryl methyl sites for hydroxylation is 1. The molecule has 0 bridgehead atoms. The number of thiazole rings is 1. The molecule has 124 valence electrons. The van der Waals surface area contributed by atoms with Crippen molar-refractivity contribution in [2.75, 3.05) is 5.75 Å². The number of sulfone groups is 1. The van der Waals surface area contributed by atoms with Gasteiger partial charge in [0.15, 0.2) is 19.5 Å².